The van der Waals surface area contributed by atoms with Gasteiger partial charge in [0.05, 0.1) is 40.5 Å². The van der Waals surface area contributed by atoms with E-state index in [1.54, 1.807) is 26.8 Å². The van der Waals surface area contributed by atoms with Gasteiger partial charge in [0.2, 0.25) is 5.75 Å². The molecule has 8 nitrogen and oxygen atoms in total. The largest absolute Gasteiger partial charge is 0.493 e. The monoisotopic (exact) mass is 395 g/mol. The summed E-state index contributed by atoms with van der Waals surface area (Å²) in [5.41, 5.74) is -0.206. The molecule has 0 spiro atoms. The molecule has 1 amide bonds. The molecule has 0 aliphatic carbocycles. The maximum atomic E-state index is 12.9. The predicted molar refractivity (Wildman–Crippen MR) is 104 cm³/mol. The lowest BCUT2D eigenvalue weighted by Crippen LogP contribution is -2.40. The molecule has 1 atom stereocenters. The first-order valence-corrected chi connectivity index (χ1v) is 8.92. The Bertz CT molecular complexity index is 769. The first-order valence-electron chi connectivity index (χ1n) is 8.92. The van der Waals surface area contributed by atoms with E-state index < -0.39 is 23.1 Å². The summed E-state index contributed by atoms with van der Waals surface area (Å²) in [5, 5.41) is 0. The molecule has 1 heterocycles. The number of benzene rings is 1. The van der Waals surface area contributed by atoms with E-state index in [0.717, 1.165) is 0 Å². The van der Waals surface area contributed by atoms with Gasteiger partial charge in [-0.25, -0.2) is 4.79 Å². The van der Waals surface area contributed by atoms with Crippen LogP contribution in [0.15, 0.2) is 6.07 Å². The van der Waals surface area contributed by atoms with Crippen molar-refractivity contribution >= 4 is 17.7 Å². The third kappa shape index (κ3) is 3.95. The number of carbonyl (C=O) groups excluding carboxylic acids is 2. The van der Waals surface area contributed by atoms with Crippen LogP contribution in [0.1, 0.15) is 39.7 Å². The van der Waals surface area contributed by atoms with E-state index in [1.165, 1.54) is 33.3 Å². The van der Waals surface area contributed by atoms with Gasteiger partial charge in [-0.3, -0.25) is 9.69 Å². The van der Waals surface area contributed by atoms with Crippen molar-refractivity contribution in [3.63, 3.8) is 0 Å². The summed E-state index contributed by atoms with van der Waals surface area (Å²) >= 11 is 0. The minimum Gasteiger partial charge on any atom is -0.493 e. The van der Waals surface area contributed by atoms with Gasteiger partial charge in [0.15, 0.2) is 11.5 Å². The summed E-state index contributed by atoms with van der Waals surface area (Å²) in [4.78, 5) is 26.5. The van der Waals surface area contributed by atoms with Gasteiger partial charge in [0, 0.05) is 23.6 Å². The summed E-state index contributed by atoms with van der Waals surface area (Å²) in [5.74, 6) is 0.825. The standard InChI is InChI=1S/C20H29NO7/c1-19(2,3)28-18(23)21-11-20(4,10-14(22)25-6)15-12(21)9-13(24-5)16(26-7)17(15)27-8/h9H,10-11H2,1-8H3. The molecule has 0 bridgehead atoms. The van der Waals surface area contributed by atoms with Gasteiger partial charge >= 0.3 is 12.1 Å². The topological polar surface area (TPSA) is 83.5 Å². The van der Waals surface area contributed by atoms with Gasteiger partial charge < -0.3 is 23.7 Å². The lowest BCUT2D eigenvalue weighted by Gasteiger charge is -2.27. The summed E-state index contributed by atoms with van der Waals surface area (Å²) in [7, 11) is 5.85. The Morgan fingerprint density at radius 2 is 1.68 bits per heavy atom. The van der Waals surface area contributed by atoms with Crippen molar-refractivity contribution in [2.45, 2.75) is 45.1 Å². The van der Waals surface area contributed by atoms with Crippen molar-refractivity contribution < 1.29 is 33.3 Å². The number of methoxy groups -OCH3 is 4. The number of esters is 1. The number of anilines is 1. The van der Waals surface area contributed by atoms with Crippen LogP contribution in [-0.4, -0.2) is 52.6 Å². The molecule has 1 aromatic rings. The van der Waals surface area contributed by atoms with Gasteiger partial charge in [-0.2, -0.15) is 0 Å². The molecule has 156 valence electrons. The van der Waals surface area contributed by atoms with Crippen LogP contribution in [0.25, 0.3) is 0 Å². The smallest absolute Gasteiger partial charge is 0.414 e. The molecule has 0 aromatic heterocycles. The molecule has 0 saturated carbocycles. The third-order valence-corrected chi connectivity index (χ3v) is 4.59. The number of amides is 1. The van der Waals surface area contributed by atoms with Crippen molar-refractivity contribution in [1.29, 1.82) is 0 Å². The van der Waals surface area contributed by atoms with E-state index in [1.807, 2.05) is 6.92 Å². The highest BCUT2D eigenvalue weighted by Crippen LogP contribution is 2.55. The normalized spacial score (nSPS) is 18.4. The molecule has 0 fully saturated rings. The number of ether oxygens (including phenoxy) is 5. The number of fused-ring (bicyclic) bond motifs is 1. The van der Waals surface area contributed by atoms with Crippen molar-refractivity contribution in [1.82, 2.24) is 0 Å². The number of nitrogens with zero attached hydrogens (tertiary/aromatic N) is 1. The lowest BCUT2D eigenvalue weighted by molar-refractivity contribution is -0.141. The van der Waals surface area contributed by atoms with E-state index >= 15 is 0 Å². The Morgan fingerprint density at radius 3 is 2.14 bits per heavy atom. The second-order valence-corrected chi connectivity index (χ2v) is 7.92. The number of carbonyl (C=O) groups is 2. The van der Waals surface area contributed by atoms with Crippen molar-refractivity contribution in [2.75, 3.05) is 39.9 Å². The van der Waals surface area contributed by atoms with Crippen molar-refractivity contribution in [2.24, 2.45) is 0 Å². The fourth-order valence-corrected chi connectivity index (χ4v) is 3.47. The van der Waals surface area contributed by atoms with E-state index in [2.05, 4.69) is 0 Å². The van der Waals surface area contributed by atoms with Crippen LogP contribution in [0.4, 0.5) is 10.5 Å². The molecule has 1 aliphatic heterocycles. The zero-order chi connectivity index (χ0) is 21.3. The van der Waals surface area contributed by atoms with Crippen LogP contribution < -0.4 is 19.1 Å². The van der Waals surface area contributed by atoms with Gasteiger partial charge in [-0.15, -0.1) is 0 Å². The molecular weight excluding hydrogens is 366 g/mol. The van der Waals surface area contributed by atoms with E-state index in [0.29, 0.717) is 28.5 Å². The van der Waals surface area contributed by atoms with E-state index in [4.69, 9.17) is 23.7 Å². The highest BCUT2D eigenvalue weighted by atomic mass is 16.6. The average molecular weight is 395 g/mol. The molecule has 1 aliphatic rings. The zero-order valence-corrected chi connectivity index (χ0v) is 17.8. The molecule has 28 heavy (non-hydrogen) atoms. The Labute approximate surface area is 165 Å². The molecule has 1 unspecified atom stereocenters. The Morgan fingerprint density at radius 1 is 1.07 bits per heavy atom. The maximum Gasteiger partial charge on any atom is 0.414 e. The third-order valence-electron chi connectivity index (χ3n) is 4.59. The molecule has 0 N–H and O–H groups in total. The van der Waals surface area contributed by atoms with E-state index in [-0.39, 0.29) is 13.0 Å². The van der Waals surface area contributed by atoms with Crippen LogP contribution in [0, 0.1) is 0 Å². The summed E-state index contributed by atoms with van der Waals surface area (Å²) in [6, 6.07) is 1.70. The fraction of sp³-hybridized carbons (Fsp3) is 0.600. The van der Waals surface area contributed by atoms with Gasteiger partial charge in [-0.1, -0.05) is 6.92 Å². The number of hydrogen-bond donors (Lipinski definition) is 0. The second-order valence-electron chi connectivity index (χ2n) is 7.92. The Kier molecular flexibility index (Phi) is 6.01. The minimum absolute atomic E-state index is 0.0572. The first-order chi connectivity index (χ1) is 13.0. The molecule has 8 heteroatoms. The number of hydrogen-bond acceptors (Lipinski definition) is 7. The van der Waals surface area contributed by atoms with Crippen LogP contribution in [0.2, 0.25) is 0 Å². The maximum absolute atomic E-state index is 12.9. The molecule has 0 radical (unpaired) electrons. The Balaban J connectivity index is 2.70. The summed E-state index contributed by atoms with van der Waals surface area (Å²) < 4.78 is 27.0. The fourth-order valence-electron chi connectivity index (χ4n) is 3.47. The highest BCUT2D eigenvalue weighted by molar-refractivity contribution is 5.94. The van der Waals surface area contributed by atoms with Gasteiger partial charge in [0.1, 0.15) is 5.60 Å². The van der Waals surface area contributed by atoms with Crippen molar-refractivity contribution in [3.05, 3.63) is 11.6 Å². The molecule has 2 rings (SSSR count). The Hall–Kier alpha value is -2.64. The second kappa shape index (κ2) is 7.77. The van der Waals surface area contributed by atoms with Gasteiger partial charge in [-0.05, 0) is 20.8 Å². The number of rotatable bonds is 5. The zero-order valence-electron chi connectivity index (χ0n) is 17.8. The first kappa shape index (κ1) is 21.7. The summed E-state index contributed by atoms with van der Waals surface area (Å²) in [6.07, 6.45) is -0.460. The van der Waals surface area contributed by atoms with Crippen LogP contribution in [-0.2, 0) is 19.7 Å². The highest BCUT2D eigenvalue weighted by Gasteiger charge is 2.48. The van der Waals surface area contributed by atoms with Gasteiger partial charge in [0.25, 0.3) is 0 Å². The van der Waals surface area contributed by atoms with E-state index in [9.17, 15) is 9.59 Å². The average Bonchev–Trinajstić information content (AvgIpc) is 2.91. The molecular formula is C20H29NO7. The lowest BCUT2D eigenvalue weighted by atomic mass is 9.80. The molecule has 0 saturated heterocycles. The van der Waals surface area contributed by atoms with Crippen LogP contribution in [0.5, 0.6) is 17.2 Å². The molecule has 1 aromatic carbocycles. The minimum atomic E-state index is -0.760. The quantitative estimate of drug-likeness (QED) is 0.708. The van der Waals surface area contributed by atoms with Crippen LogP contribution >= 0.6 is 0 Å². The van der Waals surface area contributed by atoms with Crippen molar-refractivity contribution in [3.8, 4) is 17.2 Å². The predicted octanol–water partition coefficient (Wildman–Crippen LogP) is 3.29. The summed E-state index contributed by atoms with van der Waals surface area (Å²) in [6.45, 7) is 7.49. The SMILES string of the molecule is COC(=O)CC1(C)CN(C(=O)OC(C)(C)C)c2cc(OC)c(OC)c(OC)c21. The van der Waals surface area contributed by atoms with Crippen LogP contribution in [0.3, 0.4) is 0 Å².